The molecule has 1 aromatic carbocycles. The Morgan fingerprint density at radius 3 is 1.59 bits per heavy atom. The minimum Gasteiger partial charge on any atom is -0.407 e. The second-order valence-corrected chi connectivity index (χ2v) is 9.46. The van der Waals surface area contributed by atoms with Gasteiger partial charge in [-0.05, 0) is 27.4 Å². The van der Waals surface area contributed by atoms with E-state index in [-0.39, 0.29) is 23.4 Å². The van der Waals surface area contributed by atoms with Crippen molar-refractivity contribution in [3.63, 3.8) is 0 Å². The SMILES string of the molecule is CC1(C)COB(c2cc(C(C)(C)C)cc(C(C)(C)C)c2)OC1. The van der Waals surface area contributed by atoms with Crippen LogP contribution in [0.25, 0.3) is 0 Å². The van der Waals surface area contributed by atoms with Crippen molar-refractivity contribution >= 4 is 12.6 Å². The van der Waals surface area contributed by atoms with Gasteiger partial charge in [-0.1, -0.05) is 73.6 Å². The number of benzene rings is 1. The summed E-state index contributed by atoms with van der Waals surface area (Å²) in [5, 5.41) is 0. The molecule has 0 saturated carbocycles. The average molecular weight is 302 g/mol. The van der Waals surface area contributed by atoms with Gasteiger partial charge in [0, 0.05) is 18.6 Å². The van der Waals surface area contributed by atoms with Crippen LogP contribution in [0.1, 0.15) is 66.5 Å². The first-order valence-electron chi connectivity index (χ1n) is 8.28. The van der Waals surface area contributed by atoms with Gasteiger partial charge in [0.15, 0.2) is 0 Å². The maximum Gasteiger partial charge on any atom is 0.493 e. The largest absolute Gasteiger partial charge is 0.493 e. The van der Waals surface area contributed by atoms with Crippen molar-refractivity contribution in [2.75, 3.05) is 13.2 Å². The van der Waals surface area contributed by atoms with Crippen LogP contribution in [-0.2, 0) is 20.1 Å². The smallest absolute Gasteiger partial charge is 0.407 e. The molecule has 0 unspecified atom stereocenters. The van der Waals surface area contributed by atoms with E-state index in [4.69, 9.17) is 9.31 Å². The lowest BCUT2D eigenvalue weighted by atomic mass is 9.70. The Morgan fingerprint density at radius 1 is 0.818 bits per heavy atom. The van der Waals surface area contributed by atoms with Crippen molar-refractivity contribution in [1.82, 2.24) is 0 Å². The number of hydrogen-bond acceptors (Lipinski definition) is 2. The molecule has 22 heavy (non-hydrogen) atoms. The second kappa shape index (κ2) is 5.69. The zero-order valence-electron chi connectivity index (χ0n) is 15.5. The molecule has 1 fully saturated rings. The Bertz CT molecular complexity index is 493. The molecule has 1 aromatic rings. The lowest BCUT2D eigenvalue weighted by Gasteiger charge is -2.34. The summed E-state index contributed by atoms with van der Waals surface area (Å²) in [6.07, 6.45) is 0. The number of rotatable bonds is 1. The van der Waals surface area contributed by atoms with E-state index in [1.165, 1.54) is 11.1 Å². The quantitative estimate of drug-likeness (QED) is 0.729. The summed E-state index contributed by atoms with van der Waals surface area (Å²) in [5.41, 5.74) is 4.16. The van der Waals surface area contributed by atoms with E-state index in [0.717, 1.165) is 18.7 Å². The van der Waals surface area contributed by atoms with Gasteiger partial charge in [-0.2, -0.15) is 0 Å². The minimum atomic E-state index is -0.239. The fourth-order valence-electron chi connectivity index (χ4n) is 2.54. The van der Waals surface area contributed by atoms with E-state index >= 15 is 0 Å². The molecule has 0 radical (unpaired) electrons. The predicted molar refractivity (Wildman–Crippen MR) is 94.9 cm³/mol. The first kappa shape index (κ1) is 17.6. The van der Waals surface area contributed by atoms with Gasteiger partial charge >= 0.3 is 7.12 Å². The molecule has 0 amide bonds. The first-order valence-corrected chi connectivity index (χ1v) is 8.28. The van der Waals surface area contributed by atoms with Crippen LogP contribution in [0.2, 0.25) is 0 Å². The molecule has 0 aromatic heterocycles. The minimum absolute atomic E-state index is 0.102. The van der Waals surface area contributed by atoms with Gasteiger partial charge in [0.1, 0.15) is 0 Å². The van der Waals surface area contributed by atoms with Gasteiger partial charge in [0.05, 0.1) is 0 Å². The zero-order chi connectivity index (χ0) is 16.8. The van der Waals surface area contributed by atoms with Crippen LogP contribution in [0.15, 0.2) is 18.2 Å². The topological polar surface area (TPSA) is 18.5 Å². The van der Waals surface area contributed by atoms with Crippen LogP contribution >= 0.6 is 0 Å². The summed E-state index contributed by atoms with van der Waals surface area (Å²) in [7, 11) is -0.239. The van der Waals surface area contributed by atoms with Gasteiger partial charge in [-0.3, -0.25) is 0 Å². The third-order valence-electron chi connectivity index (χ3n) is 4.21. The molecule has 2 nitrogen and oxygen atoms in total. The van der Waals surface area contributed by atoms with E-state index < -0.39 is 0 Å². The molecule has 0 bridgehead atoms. The monoisotopic (exact) mass is 302 g/mol. The predicted octanol–water partition coefficient (Wildman–Crippen LogP) is 4.05. The van der Waals surface area contributed by atoms with E-state index in [1.54, 1.807) is 0 Å². The van der Waals surface area contributed by atoms with Crippen molar-refractivity contribution in [2.24, 2.45) is 5.41 Å². The maximum absolute atomic E-state index is 5.99. The second-order valence-electron chi connectivity index (χ2n) is 9.46. The van der Waals surface area contributed by atoms with E-state index in [2.05, 4.69) is 73.6 Å². The molecule has 1 saturated heterocycles. The van der Waals surface area contributed by atoms with Gasteiger partial charge in [-0.25, -0.2) is 0 Å². The summed E-state index contributed by atoms with van der Waals surface area (Å²) in [4.78, 5) is 0. The van der Waals surface area contributed by atoms with Crippen LogP contribution < -0.4 is 5.46 Å². The summed E-state index contributed by atoms with van der Waals surface area (Å²) in [6.45, 7) is 19.4. The molecule has 122 valence electrons. The van der Waals surface area contributed by atoms with E-state index in [1.807, 2.05) is 0 Å². The fourth-order valence-corrected chi connectivity index (χ4v) is 2.54. The van der Waals surface area contributed by atoms with E-state index in [9.17, 15) is 0 Å². The Balaban J connectivity index is 2.39. The Morgan fingerprint density at radius 2 is 1.23 bits per heavy atom. The highest BCUT2D eigenvalue weighted by Gasteiger charge is 2.34. The van der Waals surface area contributed by atoms with Crippen molar-refractivity contribution in [3.05, 3.63) is 29.3 Å². The molecule has 0 N–H and O–H groups in total. The van der Waals surface area contributed by atoms with Gasteiger partial charge in [-0.15, -0.1) is 0 Å². The lowest BCUT2D eigenvalue weighted by Crippen LogP contribution is -2.48. The standard InChI is InChI=1S/C19H31BO2/c1-17(2,3)14-9-15(18(4,5)6)11-16(10-14)20-21-12-19(7,8)13-22-20/h9-11H,12-13H2,1-8H3. The zero-order valence-corrected chi connectivity index (χ0v) is 15.5. The Labute approximate surface area is 136 Å². The average Bonchev–Trinajstić information content (AvgIpc) is 2.36. The van der Waals surface area contributed by atoms with Crippen LogP contribution in [0, 0.1) is 5.41 Å². The summed E-state index contributed by atoms with van der Waals surface area (Å²) >= 11 is 0. The molecule has 1 aliphatic heterocycles. The van der Waals surface area contributed by atoms with E-state index in [0.29, 0.717) is 0 Å². The number of hydrogen-bond donors (Lipinski definition) is 0. The van der Waals surface area contributed by atoms with Crippen LogP contribution in [-0.4, -0.2) is 20.3 Å². The maximum atomic E-state index is 5.99. The van der Waals surface area contributed by atoms with Crippen molar-refractivity contribution < 1.29 is 9.31 Å². The van der Waals surface area contributed by atoms with Gasteiger partial charge in [0.2, 0.25) is 0 Å². The molecule has 1 aliphatic rings. The lowest BCUT2D eigenvalue weighted by molar-refractivity contribution is 0.0343. The molecule has 2 rings (SSSR count). The van der Waals surface area contributed by atoms with Crippen molar-refractivity contribution in [3.8, 4) is 0 Å². The third kappa shape index (κ3) is 4.14. The molecule has 1 heterocycles. The fraction of sp³-hybridized carbons (Fsp3) is 0.684. The van der Waals surface area contributed by atoms with Gasteiger partial charge < -0.3 is 9.31 Å². The third-order valence-corrected chi connectivity index (χ3v) is 4.21. The van der Waals surface area contributed by atoms with Gasteiger partial charge in [0.25, 0.3) is 0 Å². The van der Waals surface area contributed by atoms with Crippen molar-refractivity contribution in [1.29, 1.82) is 0 Å². The molecular weight excluding hydrogens is 271 g/mol. The highest BCUT2D eigenvalue weighted by Crippen LogP contribution is 2.29. The highest BCUT2D eigenvalue weighted by molar-refractivity contribution is 6.61. The summed E-state index contributed by atoms with van der Waals surface area (Å²) < 4.78 is 12.0. The van der Waals surface area contributed by atoms with Crippen molar-refractivity contribution in [2.45, 2.75) is 66.2 Å². The highest BCUT2D eigenvalue weighted by atomic mass is 16.6. The normalized spacial score (nSPS) is 19.4. The molecular formula is C19H31BO2. The Kier molecular flexibility index (Phi) is 4.54. The Hall–Kier alpha value is -0.795. The summed E-state index contributed by atoms with van der Waals surface area (Å²) in [6, 6.07) is 6.83. The van der Waals surface area contributed by atoms with Crippen LogP contribution in [0.3, 0.4) is 0 Å². The molecule has 3 heteroatoms. The molecule has 0 aliphatic carbocycles. The first-order chi connectivity index (χ1) is 9.88. The van der Waals surface area contributed by atoms with Crippen LogP contribution in [0.4, 0.5) is 0 Å². The summed E-state index contributed by atoms with van der Waals surface area (Å²) in [5.74, 6) is 0. The molecule has 0 spiro atoms. The molecule has 0 atom stereocenters. The van der Waals surface area contributed by atoms with Crippen LogP contribution in [0.5, 0.6) is 0 Å².